The lowest BCUT2D eigenvalue weighted by Gasteiger charge is -2.23. The van der Waals surface area contributed by atoms with E-state index in [0.29, 0.717) is 6.07 Å². The van der Waals surface area contributed by atoms with Crippen LogP contribution in [-0.2, 0) is 15.8 Å². The Balaban J connectivity index is 2.07. The minimum atomic E-state index is -5.37. The van der Waals surface area contributed by atoms with Gasteiger partial charge in [-0.1, -0.05) is 6.07 Å². The second-order valence-corrected chi connectivity index (χ2v) is 7.24. The van der Waals surface area contributed by atoms with Gasteiger partial charge in [0.15, 0.2) is 0 Å². The Bertz CT molecular complexity index is 1190. The molecule has 0 spiro atoms. The zero-order valence-corrected chi connectivity index (χ0v) is 18.6. The molecule has 206 valence electrons. The van der Waals surface area contributed by atoms with Crippen molar-refractivity contribution in [3.05, 3.63) is 59.2 Å². The van der Waals surface area contributed by atoms with Crippen molar-refractivity contribution < 1.29 is 53.9 Å². The van der Waals surface area contributed by atoms with Gasteiger partial charge in [0.05, 0.1) is 22.9 Å². The lowest BCUT2D eigenvalue weighted by Crippen LogP contribution is -2.42. The van der Waals surface area contributed by atoms with Gasteiger partial charge in [-0.05, 0) is 42.0 Å². The number of hydrogen-bond donors (Lipinski definition) is 3. The van der Waals surface area contributed by atoms with Gasteiger partial charge in [-0.15, -0.1) is 5.06 Å². The SMILES string of the molecule is N#Cc1ccc(C(NCCOc2ccc(N(OC(=O)C(F)(F)F)C(=N)N)cc2)C(F)(F)F)cc1C(F)(F)F. The van der Waals surface area contributed by atoms with Crippen molar-refractivity contribution in [2.24, 2.45) is 5.73 Å². The fourth-order valence-electron chi connectivity index (χ4n) is 2.92. The molecular weight excluding hydrogens is 541 g/mol. The molecule has 8 nitrogen and oxygen atoms in total. The lowest BCUT2D eigenvalue weighted by atomic mass is 9.99. The van der Waals surface area contributed by atoms with Gasteiger partial charge in [0.2, 0.25) is 5.96 Å². The molecule has 17 heteroatoms. The van der Waals surface area contributed by atoms with E-state index in [4.69, 9.17) is 21.1 Å². The van der Waals surface area contributed by atoms with Crippen molar-refractivity contribution in [1.82, 2.24) is 5.32 Å². The van der Waals surface area contributed by atoms with Crippen molar-refractivity contribution in [2.75, 3.05) is 18.2 Å². The maximum Gasteiger partial charge on any atom is 0.493 e. The number of nitrogens with zero attached hydrogens (tertiary/aromatic N) is 2. The number of nitriles is 1. The molecule has 4 N–H and O–H groups in total. The zero-order chi connectivity index (χ0) is 28.9. The summed E-state index contributed by atoms with van der Waals surface area (Å²) >= 11 is 0. The van der Waals surface area contributed by atoms with E-state index in [-0.39, 0.29) is 22.6 Å². The van der Waals surface area contributed by atoms with Gasteiger partial charge >= 0.3 is 24.5 Å². The quantitative estimate of drug-likeness (QED) is 0.150. The van der Waals surface area contributed by atoms with E-state index in [0.717, 1.165) is 30.3 Å². The summed E-state index contributed by atoms with van der Waals surface area (Å²) in [5, 5.41) is 18.2. The second-order valence-electron chi connectivity index (χ2n) is 7.24. The number of carbonyl (C=O) groups excluding carboxylic acids is 1. The highest BCUT2D eigenvalue weighted by atomic mass is 19.4. The summed E-state index contributed by atoms with van der Waals surface area (Å²) in [5.74, 6) is -3.74. The summed E-state index contributed by atoms with van der Waals surface area (Å²) in [6, 6.07) is 4.63. The largest absolute Gasteiger partial charge is 0.493 e. The third-order valence-corrected chi connectivity index (χ3v) is 4.55. The Kier molecular flexibility index (Phi) is 9.05. The summed E-state index contributed by atoms with van der Waals surface area (Å²) in [6.07, 6.45) is -15.4. The topological polar surface area (TPSA) is 124 Å². The van der Waals surface area contributed by atoms with Crippen molar-refractivity contribution in [2.45, 2.75) is 24.6 Å². The Morgan fingerprint density at radius 3 is 2.13 bits per heavy atom. The highest BCUT2D eigenvalue weighted by molar-refractivity contribution is 5.93. The third kappa shape index (κ3) is 7.90. The van der Waals surface area contributed by atoms with Gasteiger partial charge in [-0.3, -0.25) is 10.7 Å². The van der Waals surface area contributed by atoms with Crippen LogP contribution in [0.2, 0.25) is 0 Å². The summed E-state index contributed by atoms with van der Waals surface area (Å²) in [4.78, 5) is 15.0. The molecule has 0 aliphatic rings. The van der Waals surface area contributed by atoms with E-state index < -0.39 is 66.3 Å². The summed E-state index contributed by atoms with van der Waals surface area (Å²) < 4.78 is 122. The lowest BCUT2D eigenvalue weighted by molar-refractivity contribution is -0.199. The number of hydrogen-bond acceptors (Lipinski definition) is 6. The molecule has 2 aromatic rings. The summed E-state index contributed by atoms with van der Waals surface area (Å²) in [6.45, 7) is -0.955. The molecule has 38 heavy (non-hydrogen) atoms. The molecule has 2 rings (SSSR count). The van der Waals surface area contributed by atoms with Crippen LogP contribution in [0, 0.1) is 16.7 Å². The molecule has 2 aromatic carbocycles. The van der Waals surface area contributed by atoms with Gasteiger partial charge < -0.3 is 15.3 Å². The molecule has 0 aromatic heterocycles. The predicted octanol–water partition coefficient (Wildman–Crippen LogP) is 4.57. The zero-order valence-electron chi connectivity index (χ0n) is 18.6. The van der Waals surface area contributed by atoms with Gasteiger partial charge in [0.25, 0.3) is 0 Å². The number of benzene rings is 2. The third-order valence-electron chi connectivity index (χ3n) is 4.55. The first kappa shape index (κ1) is 30.0. The molecule has 0 saturated carbocycles. The van der Waals surface area contributed by atoms with Crippen LogP contribution in [-0.4, -0.2) is 37.4 Å². The average molecular weight is 557 g/mol. The average Bonchev–Trinajstić information content (AvgIpc) is 2.80. The molecule has 0 radical (unpaired) electrons. The number of carbonyl (C=O) groups is 1. The first-order valence-electron chi connectivity index (χ1n) is 10.0. The number of ether oxygens (including phenoxy) is 1. The van der Waals surface area contributed by atoms with Crippen molar-refractivity contribution in [3.63, 3.8) is 0 Å². The number of alkyl halides is 9. The maximum atomic E-state index is 13.5. The molecule has 1 atom stereocenters. The van der Waals surface area contributed by atoms with Gasteiger partial charge in [-0.2, -0.15) is 44.8 Å². The number of nitrogens with two attached hydrogens (primary N) is 1. The summed E-state index contributed by atoms with van der Waals surface area (Å²) in [7, 11) is 0. The highest BCUT2D eigenvalue weighted by Gasteiger charge is 2.44. The monoisotopic (exact) mass is 557 g/mol. The van der Waals surface area contributed by atoms with Crippen LogP contribution in [0.25, 0.3) is 0 Å². The molecule has 0 saturated heterocycles. The second kappa shape index (κ2) is 11.5. The van der Waals surface area contributed by atoms with E-state index in [2.05, 4.69) is 4.84 Å². The smallest absolute Gasteiger partial charge is 0.492 e. The number of anilines is 1. The Hall–Kier alpha value is -4.20. The Labute approximate surface area is 207 Å². The van der Waals surface area contributed by atoms with Crippen LogP contribution in [0.4, 0.5) is 45.2 Å². The van der Waals surface area contributed by atoms with Crippen molar-refractivity contribution in [3.8, 4) is 11.8 Å². The van der Waals surface area contributed by atoms with E-state index in [1.54, 1.807) is 0 Å². The van der Waals surface area contributed by atoms with Crippen LogP contribution in [0.1, 0.15) is 22.7 Å². The molecule has 0 amide bonds. The van der Waals surface area contributed by atoms with Gasteiger partial charge in [-0.25, -0.2) is 4.79 Å². The van der Waals surface area contributed by atoms with Crippen LogP contribution in [0.5, 0.6) is 5.75 Å². The van der Waals surface area contributed by atoms with Crippen LogP contribution >= 0.6 is 0 Å². The molecular formula is C21H16F9N5O3. The van der Waals surface area contributed by atoms with Crippen molar-refractivity contribution in [1.29, 1.82) is 10.7 Å². The van der Waals surface area contributed by atoms with Crippen LogP contribution in [0.15, 0.2) is 42.5 Å². The molecule has 0 bridgehead atoms. The fraction of sp³-hybridized carbons (Fsp3) is 0.286. The molecule has 0 heterocycles. The van der Waals surface area contributed by atoms with Gasteiger partial charge in [0.1, 0.15) is 18.4 Å². The van der Waals surface area contributed by atoms with E-state index >= 15 is 0 Å². The molecule has 0 aliphatic heterocycles. The van der Waals surface area contributed by atoms with E-state index in [1.807, 2.05) is 5.32 Å². The Morgan fingerprint density at radius 2 is 1.66 bits per heavy atom. The first-order chi connectivity index (χ1) is 17.4. The maximum absolute atomic E-state index is 13.5. The number of nitrogens with one attached hydrogen (secondary N) is 2. The van der Waals surface area contributed by atoms with E-state index in [1.165, 1.54) is 6.07 Å². The van der Waals surface area contributed by atoms with Crippen LogP contribution in [0.3, 0.4) is 0 Å². The highest BCUT2D eigenvalue weighted by Crippen LogP contribution is 2.37. The van der Waals surface area contributed by atoms with Gasteiger partial charge in [0, 0.05) is 6.54 Å². The minimum absolute atomic E-state index is 0.0116. The minimum Gasteiger partial charge on any atom is -0.492 e. The number of guanidine groups is 1. The van der Waals surface area contributed by atoms with Crippen LogP contribution < -0.4 is 20.9 Å². The normalized spacial score (nSPS) is 12.8. The first-order valence-corrected chi connectivity index (χ1v) is 10.0. The summed E-state index contributed by atoms with van der Waals surface area (Å²) in [5.41, 5.74) is 1.67. The molecule has 0 fully saturated rings. The molecule has 0 aliphatic carbocycles. The standard InChI is InChI=1S/C21H16F9N5O3/c22-19(23,24)15-9-11(1-2-12(15)10-31)16(20(25,26)27)34-7-8-37-14-5-3-13(4-6-14)35(18(32)33)38-17(36)21(28,29)30/h1-6,9,16,34H,7-8H2,(H3,32,33). The van der Waals surface area contributed by atoms with E-state index in [9.17, 15) is 44.3 Å². The molecule has 1 unspecified atom stereocenters. The number of rotatable bonds is 7. The fourth-order valence-corrected chi connectivity index (χ4v) is 2.92. The predicted molar refractivity (Wildman–Crippen MR) is 111 cm³/mol. The number of hydroxylamine groups is 1. The number of halogens is 9. The van der Waals surface area contributed by atoms with Crippen molar-refractivity contribution >= 4 is 17.6 Å². The Morgan fingerprint density at radius 1 is 1.05 bits per heavy atom.